The predicted octanol–water partition coefficient (Wildman–Crippen LogP) is 4.54. The first-order chi connectivity index (χ1) is 17.2. The Morgan fingerprint density at radius 2 is 1.75 bits per heavy atom. The lowest BCUT2D eigenvalue weighted by Gasteiger charge is -2.36. The monoisotopic (exact) mass is 486 g/mol. The normalized spacial score (nSPS) is 21.0. The van der Waals surface area contributed by atoms with Gasteiger partial charge < -0.3 is 15.2 Å². The average Bonchev–Trinajstić information content (AvgIpc) is 3.35. The van der Waals surface area contributed by atoms with Crippen LogP contribution in [0.2, 0.25) is 0 Å². The molecule has 3 atom stereocenters. The molecule has 1 unspecified atom stereocenters. The summed E-state index contributed by atoms with van der Waals surface area (Å²) < 4.78 is 0. The second kappa shape index (κ2) is 9.12. The largest absolute Gasteiger partial charge is 0.356 e. The molecule has 5 rings (SSSR count). The van der Waals surface area contributed by atoms with E-state index in [0.29, 0.717) is 25.9 Å². The quantitative estimate of drug-likeness (QED) is 0.481. The molecule has 188 valence electrons. The standard InChI is InChI=1S/C29H34N4O3/c1-18(2)16-24(26(34)30-17-19(3)20-10-6-5-7-11-20)33-27(35)29(4)25-22(14-15-32(29)28(33)36)21-12-8-9-13-23(21)31-25/h5-13,18-19,24,31H,14-17H2,1-4H3,(H,30,34)/t19?,24-,29+/m1/s1. The SMILES string of the molecule is CC(C)C[C@H](C(=O)NCC(C)c1ccccc1)N1C(=O)N2CCc3c([nH]c4ccccc34)[C@@]2(C)C1=O. The van der Waals surface area contributed by atoms with E-state index >= 15 is 0 Å². The third-order valence-corrected chi connectivity index (χ3v) is 7.76. The van der Waals surface area contributed by atoms with Gasteiger partial charge in [0, 0.05) is 24.0 Å². The number of benzene rings is 2. The molecular formula is C29H34N4O3. The zero-order chi connectivity index (χ0) is 25.6. The Labute approximate surface area is 211 Å². The van der Waals surface area contributed by atoms with Crippen molar-refractivity contribution in [2.75, 3.05) is 13.1 Å². The van der Waals surface area contributed by atoms with Gasteiger partial charge in [-0.05, 0) is 48.8 Å². The van der Waals surface area contributed by atoms with E-state index in [9.17, 15) is 14.4 Å². The summed E-state index contributed by atoms with van der Waals surface area (Å²) in [6.07, 6.45) is 1.07. The van der Waals surface area contributed by atoms with Gasteiger partial charge in [-0.3, -0.25) is 9.59 Å². The lowest BCUT2D eigenvalue weighted by atomic mass is 9.86. The molecule has 0 bridgehead atoms. The number of aromatic nitrogens is 1. The van der Waals surface area contributed by atoms with E-state index in [-0.39, 0.29) is 29.7 Å². The summed E-state index contributed by atoms with van der Waals surface area (Å²) >= 11 is 0. The van der Waals surface area contributed by atoms with Crippen LogP contribution in [0.5, 0.6) is 0 Å². The minimum atomic E-state index is -1.16. The molecule has 2 N–H and O–H groups in total. The fourth-order valence-electron chi connectivity index (χ4n) is 5.74. The van der Waals surface area contributed by atoms with Crippen molar-refractivity contribution >= 4 is 28.7 Å². The number of nitrogens with zero attached hydrogens (tertiary/aromatic N) is 2. The number of imide groups is 1. The van der Waals surface area contributed by atoms with Crippen LogP contribution in [0, 0.1) is 5.92 Å². The molecule has 3 aromatic rings. The molecule has 7 nitrogen and oxygen atoms in total. The van der Waals surface area contributed by atoms with Crippen molar-refractivity contribution in [3.63, 3.8) is 0 Å². The number of fused-ring (bicyclic) bond motifs is 5. The Kier molecular flexibility index (Phi) is 6.10. The van der Waals surface area contributed by atoms with Crippen molar-refractivity contribution in [2.45, 2.75) is 58.0 Å². The Morgan fingerprint density at radius 3 is 2.47 bits per heavy atom. The van der Waals surface area contributed by atoms with Crippen LogP contribution in [-0.4, -0.2) is 51.8 Å². The first-order valence-corrected chi connectivity index (χ1v) is 12.8. The number of para-hydroxylation sites is 1. The third kappa shape index (κ3) is 3.77. The highest BCUT2D eigenvalue weighted by Crippen LogP contribution is 2.45. The summed E-state index contributed by atoms with van der Waals surface area (Å²) in [4.78, 5) is 47.6. The van der Waals surface area contributed by atoms with Crippen LogP contribution >= 0.6 is 0 Å². The zero-order valence-electron chi connectivity index (χ0n) is 21.4. The van der Waals surface area contributed by atoms with Crippen molar-refractivity contribution in [3.05, 3.63) is 71.4 Å². The molecule has 2 aromatic carbocycles. The van der Waals surface area contributed by atoms with Gasteiger partial charge in [0.05, 0.1) is 5.69 Å². The first-order valence-electron chi connectivity index (χ1n) is 12.8. The summed E-state index contributed by atoms with van der Waals surface area (Å²) in [5.41, 5.74) is 2.76. The van der Waals surface area contributed by atoms with Gasteiger partial charge >= 0.3 is 6.03 Å². The topological polar surface area (TPSA) is 85.5 Å². The van der Waals surface area contributed by atoms with Gasteiger partial charge in [0.1, 0.15) is 6.04 Å². The third-order valence-electron chi connectivity index (χ3n) is 7.76. The number of rotatable bonds is 7. The Bertz CT molecular complexity index is 1310. The van der Waals surface area contributed by atoms with E-state index in [1.54, 1.807) is 4.90 Å². The molecule has 1 fully saturated rings. The first kappa shape index (κ1) is 24.1. The average molecular weight is 487 g/mol. The van der Waals surface area contributed by atoms with Gasteiger partial charge in [0.25, 0.3) is 5.91 Å². The van der Waals surface area contributed by atoms with Gasteiger partial charge in [-0.2, -0.15) is 0 Å². The number of aromatic amines is 1. The summed E-state index contributed by atoms with van der Waals surface area (Å²) in [6, 6.07) is 16.7. The second-order valence-corrected chi connectivity index (χ2v) is 10.7. The number of hydrogen-bond acceptors (Lipinski definition) is 3. The van der Waals surface area contributed by atoms with Gasteiger partial charge in [-0.25, -0.2) is 9.69 Å². The molecule has 7 heteroatoms. The lowest BCUT2D eigenvalue weighted by Crippen LogP contribution is -2.52. The van der Waals surface area contributed by atoms with Gasteiger partial charge in [-0.15, -0.1) is 0 Å². The number of carbonyl (C=O) groups excluding carboxylic acids is 3. The highest BCUT2D eigenvalue weighted by molar-refractivity contribution is 6.11. The molecule has 2 aliphatic heterocycles. The fraction of sp³-hybridized carbons (Fsp3) is 0.414. The van der Waals surface area contributed by atoms with Crippen molar-refractivity contribution in [3.8, 4) is 0 Å². The number of H-pyrrole nitrogens is 1. The Morgan fingerprint density at radius 1 is 1.06 bits per heavy atom. The molecule has 3 heterocycles. The molecular weight excluding hydrogens is 452 g/mol. The minimum absolute atomic E-state index is 0.109. The van der Waals surface area contributed by atoms with E-state index in [2.05, 4.69) is 17.2 Å². The number of hydrogen-bond donors (Lipinski definition) is 2. The summed E-state index contributed by atoms with van der Waals surface area (Å²) in [6.45, 7) is 8.74. The summed E-state index contributed by atoms with van der Waals surface area (Å²) in [7, 11) is 0. The van der Waals surface area contributed by atoms with E-state index in [1.165, 1.54) is 4.90 Å². The van der Waals surface area contributed by atoms with Gasteiger partial charge in [0.2, 0.25) is 5.91 Å². The van der Waals surface area contributed by atoms with Crippen molar-refractivity contribution in [2.24, 2.45) is 5.92 Å². The zero-order valence-corrected chi connectivity index (χ0v) is 21.4. The maximum Gasteiger partial charge on any atom is 0.328 e. The van der Waals surface area contributed by atoms with Gasteiger partial charge in [0.15, 0.2) is 5.54 Å². The number of carbonyl (C=O) groups is 3. The fourth-order valence-corrected chi connectivity index (χ4v) is 5.74. The lowest BCUT2D eigenvalue weighted by molar-refractivity contribution is -0.140. The number of nitrogens with one attached hydrogen (secondary N) is 2. The summed E-state index contributed by atoms with van der Waals surface area (Å²) in [5.74, 6) is -0.384. The molecule has 1 saturated heterocycles. The maximum atomic E-state index is 14.1. The smallest absolute Gasteiger partial charge is 0.328 e. The van der Waals surface area contributed by atoms with E-state index in [1.807, 2.05) is 75.4 Å². The molecule has 4 amide bonds. The molecule has 0 radical (unpaired) electrons. The van der Waals surface area contributed by atoms with Crippen molar-refractivity contribution in [1.29, 1.82) is 0 Å². The highest BCUT2D eigenvalue weighted by atomic mass is 16.2. The van der Waals surface area contributed by atoms with Crippen LogP contribution in [0.3, 0.4) is 0 Å². The minimum Gasteiger partial charge on any atom is -0.356 e. The maximum absolute atomic E-state index is 14.1. The van der Waals surface area contributed by atoms with Crippen molar-refractivity contribution in [1.82, 2.24) is 20.1 Å². The summed E-state index contributed by atoms with van der Waals surface area (Å²) in [5, 5.41) is 4.11. The number of amides is 4. The molecule has 0 spiro atoms. The number of urea groups is 1. The van der Waals surface area contributed by atoms with Crippen LogP contribution in [0.1, 0.15) is 56.9 Å². The highest BCUT2D eigenvalue weighted by Gasteiger charge is 2.60. The van der Waals surface area contributed by atoms with Crippen LogP contribution in [0.4, 0.5) is 4.79 Å². The van der Waals surface area contributed by atoms with Crippen LogP contribution in [0.25, 0.3) is 10.9 Å². The molecule has 0 aliphatic carbocycles. The Hall–Kier alpha value is -3.61. The van der Waals surface area contributed by atoms with Crippen LogP contribution in [0.15, 0.2) is 54.6 Å². The predicted molar refractivity (Wildman–Crippen MR) is 139 cm³/mol. The van der Waals surface area contributed by atoms with E-state index < -0.39 is 11.6 Å². The van der Waals surface area contributed by atoms with Crippen LogP contribution < -0.4 is 5.32 Å². The van der Waals surface area contributed by atoms with Gasteiger partial charge in [-0.1, -0.05) is 69.3 Å². The molecule has 36 heavy (non-hydrogen) atoms. The molecule has 2 aliphatic rings. The molecule has 0 saturated carbocycles. The van der Waals surface area contributed by atoms with E-state index in [4.69, 9.17) is 0 Å². The van der Waals surface area contributed by atoms with Crippen LogP contribution in [-0.2, 0) is 21.5 Å². The van der Waals surface area contributed by atoms with Crippen molar-refractivity contribution < 1.29 is 14.4 Å². The Balaban J connectivity index is 1.44. The second-order valence-electron chi connectivity index (χ2n) is 10.7. The van der Waals surface area contributed by atoms with E-state index in [0.717, 1.165) is 27.7 Å². The molecule has 1 aromatic heterocycles.